The molecule has 0 aliphatic rings. The zero-order valence-corrected chi connectivity index (χ0v) is 14.9. The topological polar surface area (TPSA) is 113 Å². The Kier molecular flexibility index (Phi) is 5.57. The first-order valence-electron chi connectivity index (χ1n) is 8.52. The van der Waals surface area contributed by atoms with Gasteiger partial charge in [0.2, 0.25) is 0 Å². The number of anilines is 1. The van der Waals surface area contributed by atoms with Crippen molar-refractivity contribution in [1.82, 2.24) is 35.3 Å². The van der Waals surface area contributed by atoms with Crippen LogP contribution in [0.4, 0.5) is 10.5 Å². The number of benzene rings is 1. The number of hydrogen-bond acceptors (Lipinski definition) is 5. The van der Waals surface area contributed by atoms with Crippen molar-refractivity contribution in [2.75, 3.05) is 5.32 Å². The Balaban J connectivity index is 1.50. The van der Waals surface area contributed by atoms with Crippen molar-refractivity contribution in [2.24, 2.45) is 0 Å². The van der Waals surface area contributed by atoms with Gasteiger partial charge in [-0.1, -0.05) is 19.1 Å². The number of H-pyrrole nitrogens is 1. The lowest BCUT2D eigenvalue weighted by molar-refractivity contribution is 0.251. The van der Waals surface area contributed by atoms with Crippen LogP contribution in [0, 0.1) is 6.92 Å². The smallest absolute Gasteiger partial charge is 0.319 e. The summed E-state index contributed by atoms with van der Waals surface area (Å²) in [4.78, 5) is 16.3. The first kappa shape index (κ1) is 17.6. The lowest BCUT2D eigenvalue weighted by Gasteiger charge is -2.09. The predicted molar refractivity (Wildman–Crippen MR) is 96.5 cm³/mol. The molecule has 2 aromatic heterocycles. The van der Waals surface area contributed by atoms with Crippen molar-refractivity contribution in [3.8, 4) is 0 Å². The Hall–Kier alpha value is -3.23. The molecule has 0 radical (unpaired) electrons. The third-order valence-electron chi connectivity index (χ3n) is 3.78. The molecule has 2 heterocycles. The highest BCUT2D eigenvalue weighted by Crippen LogP contribution is 2.12. The molecule has 3 N–H and O–H groups in total. The van der Waals surface area contributed by atoms with Crippen LogP contribution in [0.2, 0.25) is 0 Å². The van der Waals surface area contributed by atoms with E-state index in [-0.39, 0.29) is 6.03 Å². The molecule has 0 fully saturated rings. The molecule has 0 spiro atoms. The third-order valence-corrected chi connectivity index (χ3v) is 3.78. The number of aryl methyl sites for hydroxylation is 2. The number of carbonyl (C=O) groups is 1. The van der Waals surface area contributed by atoms with Crippen LogP contribution in [0.5, 0.6) is 0 Å². The predicted octanol–water partition coefficient (Wildman–Crippen LogP) is 2.03. The highest BCUT2D eigenvalue weighted by molar-refractivity contribution is 5.89. The van der Waals surface area contributed by atoms with Gasteiger partial charge >= 0.3 is 6.03 Å². The number of aromatic amines is 1. The molecule has 3 rings (SSSR count). The lowest BCUT2D eigenvalue weighted by atomic mass is 10.1. The summed E-state index contributed by atoms with van der Waals surface area (Å²) in [5.41, 5.74) is 1.79. The fourth-order valence-electron chi connectivity index (χ4n) is 2.53. The van der Waals surface area contributed by atoms with Gasteiger partial charge in [-0.05, 0) is 31.0 Å². The van der Waals surface area contributed by atoms with E-state index < -0.39 is 0 Å². The lowest BCUT2D eigenvalue weighted by Crippen LogP contribution is -2.29. The van der Waals surface area contributed by atoms with Crippen LogP contribution in [0.1, 0.15) is 36.4 Å². The number of urea groups is 1. The third kappa shape index (κ3) is 4.65. The minimum absolute atomic E-state index is 0.284. The van der Waals surface area contributed by atoms with Gasteiger partial charge in [0.15, 0.2) is 11.6 Å². The van der Waals surface area contributed by atoms with Crippen LogP contribution >= 0.6 is 0 Å². The maximum Gasteiger partial charge on any atom is 0.319 e. The molecule has 3 aromatic rings. The Morgan fingerprint density at radius 1 is 1.27 bits per heavy atom. The Morgan fingerprint density at radius 2 is 2.08 bits per heavy atom. The van der Waals surface area contributed by atoms with Crippen LogP contribution in [0.25, 0.3) is 0 Å². The molecule has 2 amide bonds. The van der Waals surface area contributed by atoms with Crippen molar-refractivity contribution >= 4 is 11.7 Å². The Morgan fingerprint density at radius 3 is 2.77 bits per heavy atom. The van der Waals surface area contributed by atoms with Crippen molar-refractivity contribution in [1.29, 1.82) is 0 Å². The summed E-state index contributed by atoms with van der Waals surface area (Å²) in [5.74, 6) is 2.28. The standard InChI is InChI=1S/C17H22N8O/c1-3-8-25-11-19-24-16(25)10-18-17(26)21-14-6-4-13(5-7-14)9-15-20-12(2)22-23-15/h4-7,11H,3,8-10H2,1-2H3,(H2,18,21,26)(H,20,22,23). The molecule has 0 saturated carbocycles. The minimum atomic E-state index is -0.284. The van der Waals surface area contributed by atoms with Crippen LogP contribution in [0.15, 0.2) is 30.6 Å². The molecule has 0 atom stereocenters. The number of nitrogens with one attached hydrogen (secondary N) is 3. The largest absolute Gasteiger partial charge is 0.331 e. The van der Waals surface area contributed by atoms with Gasteiger partial charge < -0.3 is 15.2 Å². The van der Waals surface area contributed by atoms with Gasteiger partial charge in [0.1, 0.15) is 12.2 Å². The molecule has 26 heavy (non-hydrogen) atoms. The average molecular weight is 354 g/mol. The summed E-state index contributed by atoms with van der Waals surface area (Å²) in [5, 5.41) is 20.4. The first-order valence-corrected chi connectivity index (χ1v) is 8.52. The van der Waals surface area contributed by atoms with Gasteiger partial charge in [-0.2, -0.15) is 5.10 Å². The van der Waals surface area contributed by atoms with Crippen molar-refractivity contribution < 1.29 is 4.79 Å². The molecular weight excluding hydrogens is 332 g/mol. The second-order valence-corrected chi connectivity index (χ2v) is 5.96. The van der Waals surface area contributed by atoms with Crippen LogP contribution in [0.3, 0.4) is 0 Å². The molecule has 0 aliphatic carbocycles. The van der Waals surface area contributed by atoms with Gasteiger partial charge in [0, 0.05) is 18.7 Å². The van der Waals surface area contributed by atoms with E-state index in [1.807, 2.05) is 35.8 Å². The molecule has 0 unspecified atom stereocenters. The van der Waals surface area contributed by atoms with Crippen LogP contribution < -0.4 is 10.6 Å². The highest BCUT2D eigenvalue weighted by atomic mass is 16.2. The van der Waals surface area contributed by atoms with Gasteiger partial charge in [-0.3, -0.25) is 5.10 Å². The van der Waals surface area contributed by atoms with Gasteiger partial charge in [-0.15, -0.1) is 10.2 Å². The van der Waals surface area contributed by atoms with E-state index in [1.54, 1.807) is 6.33 Å². The quantitative estimate of drug-likeness (QED) is 0.601. The van der Waals surface area contributed by atoms with E-state index in [4.69, 9.17) is 0 Å². The number of rotatable bonds is 7. The van der Waals surface area contributed by atoms with E-state index in [0.29, 0.717) is 18.7 Å². The summed E-state index contributed by atoms with van der Waals surface area (Å²) in [7, 11) is 0. The first-order chi connectivity index (χ1) is 12.6. The summed E-state index contributed by atoms with van der Waals surface area (Å²) in [6.45, 7) is 5.11. The monoisotopic (exact) mass is 354 g/mol. The van der Waals surface area contributed by atoms with Crippen LogP contribution in [-0.4, -0.2) is 36.0 Å². The fraction of sp³-hybridized carbons (Fsp3) is 0.353. The molecule has 9 heteroatoms. The molecule has 0 saturated heterocycles. The second-order valence-electron chi connectivity index (χ2n) is 5.96. The van der Waals surface area contributed by atoms with Gasteiger partial charge in [0.05, 0.1) is 6.54 Å². The summed E-state index contributed by atoms with van der Waals surface area (Å²) in [6.07, 6.45) is 3.30. The number of aromatic nitrogens is 6. The molecule has 136 valence electrons. The van der Waals surface area contributed by atoms with E-state index in [1.165, 1.54) is 0 Å². The second kappa shape index (κ2) is 8.24. The summed E-state index contributed by atoms with van der Waals surface area (Å²) in [6, 6.07) is 7.31. The van der Waals surface area contributed by atoms with E-state index in [9.17, 15) is 4.79 Å². The van der Waals surface area contributed by atoms with Crippen molar-refractivity contribution in [2.45, 2.75) is 39.8 Å². The summed E-state index contributed by atoms with van der Waals surface area (Å²) < 4.78 is 1.93. The average Bonchev–Trinajstić information content (AvgIpc) is 3.24. The maximum absolute atomic E-state index is 12.1. The van der Waals surface area contributed by atoms with E-state index >= 15 is 0 Å². The number of hydrogen-bond donors (Lipinski definition) is 3. The van der Waals surface area contributed by atoms with E-state index in [0.717, 1.165) is 36.0 Å². The molecular formula is C17H22N8O. The van der Waals surface area contributed by atoms with Crippen molar-refractivity contribution in [3.05, 3.63) is 53.6 Å². The van der Waals surface area contributed by atoms with E-state index in [2.05, 4.69) is 42.9 Å². The van der Waals surface area contributed by atoms with Gasteiger partial charge in [0.25, 0.3) is 0 Å². The number of carbonyl (C=O) groups excluding carboxylic acids is 1. The Labute approximate surface area is 151 Å². The maximum atomic E-state index is 12.1. The molecule has 0 aliphatic heterocycles. The SMILES string of the molecule is CCCn1cnnc1CNC(=O)Nc1ccc(Cc2n[nH]c(C)n2)cc1. The summed E-state index contributed by atoms with van der Waals surface area (Å²) >= 11 is 0. The van der Waals surface area contributed by atoms with Crippen LogP contribution in [-0.2, 0) is 19.5 Å². The number of amides is 2. The fourth-order valence-corrected chi connectivity index (χ4v) is 2.53. The normalized spacial score (nSPS) is 10.7. The Bertz CT molecular complexity index is 852. The highest BCUT2D eigenvalue weighted by Gasteiger charge is 2.07. The molecule has 0 bridgehead atoms. The zero-order chi connectivity index (χ0) is 18.4. The molecule has 9 nitrogen and oxygen atoms in total. The minimum Gasteiger partial charge on any atom is -0.331 e. The molecule has 1 aromatic carbocycles. The van der Waals surface area contributed by atoms with Gasteiger partial charge in [-0.25, -0.2) is 9.78 Å². The number of nitrogens with zero attached hydrogens (tertiary/aromatic N) is 5. The zero-order valence-electron chi connectivity index (χ0n) is 14.9. The van der Waals surface area contributed by atoms with Crippen molar-refractivity contribution in [3.63, 3.8) is 0 Å².